The Morgan fingerprint density at radius 3 is 0.934 bits per heavy atom. The fraction of sp³-hybridized carbons (Fsp3) is 0.943. The third kappa shape index (κ3) is 61.8. The van der Waals surface area contributed by atoms with Crippen LogP contribution in [-0.4, -0.2) is 47.4 Å². The molecule has 0 aliphatic carbocycles. The Bertz CT molecular complexity index is 1140. The van der Waals surface area contributed by atoms with Crippen molar-refractivity contribution >= 4 is 11.9 Å². The molecule has 0 aromatic heterocycles. The number of nitrogens with one attached hydrogen (secondary N) is 1. The van der Waals surface area contributed by atoms with Crippen molar-refractivity contribution in [3.63, 3.8) is 0 Å². The van der Waals surface area contributed by atoms with Gasteiger partial charge in [0.15, 0.2) is 0 Å². The van der Waals surface area contributed by atoms with Gasteiger partial charge in [-0.2, -0.15) is 0 Å². The molecule has 1 amide bonds. The van der Waals surface area contributed by atoms with Crippen LogP contribution in [0.25, 0.3) is 0 Å². The third-order valence-corrected chi connectivity index (χ3v) is 16.6. The molecule has 6 nitrogen and oxygen atoms in total. The molecule has 6 heteroatoms. The van der Waals surface area contributed by atoms with Crippen LogP contribution in [-0.2, 0) is 14.3 Å². The molecule has 0 radical (unpaired) electrons. The minimum atomic E-state index is -0.664. The van der Waals surface area contributed by atoms with Crippen LogP contribution in [0.3, 0.4) is 0 Å². The van der Waals surface area contributed by atoms with Crippen LogP contribution in [0.1, 0.15) is 399 Å². The number of aliphatic hydroxyl groups is 2. The lowest BCUT2D eigenvalue weighted by molar-refractivity contribution is -0.143. The lowest BCUT2D eigenvalue weighted by atomic mass is 10.0. The van der Waals surface area contributed by atoms with Crippen molar-refractivity contribution in [3.8, 4) is 0 Å². The summed E-state index contributed by atoms with van der Waals surface area (Å²) in [5.74, 6) is -0.0126. The lowest BCUT2D eigenvalue weighted by Crippen LogP contribution is -2.45. The van der Waals surface area contributed by atoms with Crippen LogP contribution in [0.4, 0.5) is 0 Å². The van der Waals surface area contributed by atoms with Gasteiger partial charge in [-0.15, -0.1) is 0 Å². The zero-order valence-corrected chi connectivity index (χ0v) is 51.8. The van der Waals surface area contributed by atoms with Crippen LogP contribution in [0.2, 0.25) is 0 Å². The SMILES string of the molecule is CCCCCCCCCCCCCCCCCCCCCC(O)C(CO)NC(=O)CCCCCCCCCCCCCCC/C=C\CCCCCCCCCCCCCCOC(=O)CCCCCCCCCCCCC. The highest BCUT2D eigenvalue weighted by Gasteiger charge is 2.20. The molecule has 0 aromatic carbocycles. The molecule has 0 heterocycles. The van der Waals surface area contributed by atoms with Gasteiger partial charge in [0.25, 0.3) is 0 Å². The van der Waals surface area contributed by atoms with Crippen molar-refractivity contribution in [1.29, 1.82) is 0 Å². The molecule has 0 aromatic rings. The quantitative estimate of drug-likeness (QED) is 0.0320. The van der Waals surface area contributed by atoms with Gasteiger partial charge >= 0.3 is 5.97 Å². The topological polar surface area (TPSA) is 95.9 Å². The van der Waals surface area contributed by atoms with Gasteiger partial charge in [-0.25, -0.2) is 0 Å². The summed E-state index contributed by atoms with van der Waals surface area (Å²) >= 11 is 0. The predicted octanol–water partition coefficient (Wildman–Crippen LogP) is 22.4. The Hall–Kier alpha value is -1.40. The fourth-order valence-electron chi connectivity index (χ4n) is 11.2. The van der Waals surface area contributed by atoms with Gasteiger partial charge in [0, 0.05) is 12.8 Å². The van der Waals surface area contributed by atoms with Crippen molar-refractivity contribution in [3.05, 3.63) is 12.2 Å². The number of hydrogen-bond donors (Lipinski definition) is 3. The minimum absolute atomic E-state index is 0.0171. The summed E-state index contributed by atoms with van der Waals surface area (Å²) < 4.78 is 5.47. The van der Waals surface area contributed by atoms with Gasteiger partial charge in [0.2, 0.25) is 5.91 Å². The number of rotatable bonds is 66. The van der Waals surface area contributed by atoms with E-state index in [1.165, 1.54) is 327 Å². The first-order valence-electron chi connectivity index (χ1n) is 34.9. The molecule has 0 aliphatic rings. The average Bonchev–Trinajstić information content (AvgIpc) is 3.42. The van der Waals surface area contributed by atoms with Crippen LogP contribution >= 0.6 is 0 Å². The Morgan fingerprint density at radius 2 is 0.618 bits per heavy atom. The Labute approximate surface area is 476 Å². The first kappa shape index (κ1) is 74.6. The molecule has 0 rings (SSSR count). The lowest BCUT2D eigenvalue weighted by Gasteiger charge is -2.22. The van der Waals surface area contributed by atoms with Gasteiger partial charge in [-0.3, -0.25) is 9.59 Å². The van der Waals surface area contributed by atoms with E-state index >= 15 is 0 Å². The molecule has 3 N–H and O–H groups in total. The molecule has 0 fully saturated rings. The van der Waals surface area contributed by atoms with Crippen molar-refractivity contribution in [2.45, 2.75) is 411 Å². The summed E-state index contributed by atoms with van der Waals surface area (Å²) in [4.78, 5) is 24.5. The minimum Gasteiger partial charge on any atom is -0.466 e. The maximum Gasteiger partial charge on any atom is 0.305 e. The number of esters is 1. The number of hydrogen-bond acceptors (Lipinski definition) is 5. The number of ether oxygens (including phenoxy) is 1. The second-order valence-corrected chi connectivity index (χ2v) is 24.2. The van der Waals surface area contributed by atoms with Gasteiger partial charge < -0.3 is 20.3 Å². The summed E-state index contributed by atoms with van der Waals surface area (Å²) in [7, 11) is 0. The number of unbranched alkanes of at least 4 members (excludes halogenated alkanes) is 53. The van der Waals surface area contributed by atoms with E-state index in [-0.39, 0.29) is 18.5 Å². The average molecular weight is 1070 g/mol. The summed E-state index contributed by atoms with van der Waals surface area (Å²) in [5, 5.41) is 23.4. The van der Waals surface area contributed by atoms with Crippen molar-refractivity contribution in [2.24, 2.45) is 0 Å². The highest BCUT2D eigenvalue weighted by molar-refractivity contribution is 5.76. The first-order chi connectivity index (χ1) is 37.5. The van der Waals surface area contributed by atoms with Gasteiger partial charge in [-0.05, 0) is 51.4 Å². The first-order valence-corrected chi connectivity index (χ1v) is 34.9. The Balaban J connectivity index is 3.37. The smallest absolute Gasteiger partial charge is 0.305 e. The number of aliphatic hydroxyl groups excluding tert-OH is 2. The summed E-state index contributed by atoms with van der Waals surface area (Å²) in [6, 6.07) is -0.541. The van der Waals surface area contributed by atoms with Crippen LogP contribution in [0.5, 0.6) is 0 Å². The second-order valence-electron chi connectivity index (χ2n) is 24.2. The maximum atomic E-state index is 12.5. The van der Waals surface area contributed by atoms with E-state index in [4.69, 9.17) is 4.74 Å². The molecule has 0 bridgehead atoms. The molecule has 0 saturated carbocycles. The van der Waals surface area contributed by atoms with E-state index in [0.29, 0.717) is 25.9 Å². The van der Waals surface area contributed by atoms with Crippen LogP contribution < -0.4 is 5.32 Å². The van der Waals surface area contributed by atoms with E-state index in [1.807, 2.05) is 0 Å². The maximum absolute atomic E-state index is 12.5. The summed E-state index contributed by atoms with van der Waals surface area (Å²) in [6.45, 7) is 4.99. The monoisotopic (exact) mass is 1070 g/mol. The molecule has 0 saturated heterocycles. The zero-order valence-electron chi connectivity index (χ0n) is 51.8. The molecule has 452 valence electrons. The normalized spacial score (nSPS) is 12.5. The van der Waals surface area contributed by atoms with Crippen molar-refractivity contribution in [2.75, 3.05) is 13.2 Å². The highest BCUT2D eigenvalue weighted by atomic mass is 16.5. The third-order valence-electron chi connectivity index (χ3n) is 16.6. The van der Waals surface area contributed by atoms with E-state index in [2.05, 4.69) is 31.3 Å². The van der Waals surface area contributed by atoms with E-state index in [0.717, 1.165) is 38.5 Å². The van der Waals surface area contributed by atoms with Crippen molar-refractivity contribution in [1.82, 2.24) is 5.32 Å². The summed E-state index contributed by atoms with van der Waals surface area (Å²) in [6.07, 6.45) is 81.2. The molecule has 76 heavy (non-hydrogen) atoms. The molecular weight excluding hydrogens is 935 g/mol. The molecule has 0 aliphatic heterocycles. The van der Waals surface area contributed by atoms with Gasteiger partial charge in [-0.1, -0.05) is 347 Å². The number of carbonyl (C=O) groups is 2. The van der Waals surface area contributed by atoms with E-state index in [1.54, 1.807) is 0 Å². The molecular formula is C70H137NO5. The largest absolute Gasteiger partial charge is 0.466 e. The van der Waals surface area contributed by atoms with Crippen LogP contribution in [0, 0.1) is 0 Å². The van der Waals surface area contributed by atoms with E-state index < -0.39 is 12.1 Å². The number of amides is 1. The van der Waals surface area contributed by atoms with Gasteiger partial charge in [0.05, 0.1) is 25.4 Å². The molecule has 2 atom stereocenters. The highest BCUT2D eigenvalue weighted by Crippen LogP contribution is 2.19. The van der Waals surface area contributed by atoms with Gasteiger partial charge in [0.1, 0.15) is 0 Å². The molecule has 2 unspecified atom stereocenters. The zero-order chi connectivity index (χ0) is 55.0. The number of allylic oxidation sites excluding steroid dienone is 2. The van der Waals surface area contributed by atoms with Crippen molar-refractivity contribution < 1.29 is 24.5 Å². The second kappa shape index (κ2) is 66.1. The Kier molecular flexibility index (Phi) is 64.9. The van der Waals surface area contributed by atoms with E-state index in [9.17, 15) is 19.8 Å². The summed E-state index contributed by atoms with van der Waals surface area (Å²) in [5.41, 5.74) is 0. The standard InChI is InChI=1S/C70H137NO5/c1-3-5-7-9-11-13-15-16-17-18-30-33-36-39-43-46-50-54-58-62-68(73)67(66-72)71-69(74)63-59-55-51-47-44-40-37-34-31-28-26-24-22-20-19-21-23-25-27-29-32-35-38-41-45-49-53-57-61-65-76-70(75)64-60-56-52-48-42-14-12-10-8-6-4-2/h19,21,67-68,72-73H,3-18,20,22-66H2,1-2H3,(H,71,74)/b21-19-. The van der Waals surface area contributed by atoms with Crippen LogP contribution in [0.15, 0.2) is 12.2 Å². The molecule has 0 spiro atoms. The number of carbonyl (C=O) groups excluding carboxylic acids is 2. The Morgan fingerprint density at radius 1 is 0.355 bits per heavy atom. The fourth-order valence-corrected chi connectivity index (χ4v) is 11.2. The predicted molar refractivity (Wildman–Crippen MR) is 333 cm³/mol.